The van der Waals surface area contributed by atoms with Gasteiger partial charge in [0.1, 0.15) is 0 Å². The molecule has 0 radical (unpaired) electrons. The van der Waals surface area contributed by atoms with Crippen molar-refractivity contribution in [3.8, 4) is 0 Å². The molecule has 0 aromatic heterocycles. The topological polar surface area (TPSA) is 55.1 Å². The zero-order valence-corrected chi connectivity index (χ0v) is 8.29. The molecule has 1 aromatic carbocycles. The summed E-state index contributed by atoms with van der Waals surface area (Å²) in [6.45, 7) is 0. The van der Waals surface area contributed by atoms with Crippen molar-refractivity contribution in [2.45, 2.75) is 18.5 Å². The third kappa shape index (κ3) is 1.74. The van der Waals surface area contributed by atoms with E-state index in [-0.39, 0.29) is 18.0 Å². The first-order valence-electron chi connectivity index (χ1n) is 4.47. The molecule has 1 aromatic rings. The number of carbonyl (C=O) groups is 1. The Hall–Kier alpha value is -1.06. The van der Waals surface area contributed by atoms with Gasteiger partial charge in [-0.2, -0.15) is 0 Å². The first-order chi connectivity index (χ1) is 6.66. The molecule has 14 heavy (non-hydrogen) atoms. The van der Waals surface area contributed by atoms with Crippen LogP contribution in [-0.2, 0) is 4.79 Å². The maximum absolute atomic E-state index is 11.1. The van der Waals surface area contributed by atoms with E-state index in [0.717, 1.165) is 5.56 Å². The van der Waals surface area contributed by atoms with Gasteiger partial charge in [0.25, 0.3) is 0 Å². The highest BCUT2D eigenvalue weighted by molar-refractivity contribution is 6.30. The minimum absolute atomic E-state index is 0.00229. The summed E-state index contributed by atoms with van der Waals surface area (Å²) < 4.78 is 0. The molecule has 4 heteroatoms. The maximum Gasteiger partial charge on any atom is 0.222 e. The number of hydrogen-bond donors (Lipinski definition) is 2. The van der Waals surface area contributed by atoms with Gasteiger partial charge in [-0.05, 0) is 17.7 Å². The van der Waals surface area contributed by atoms with Crippen molar-refractivity contribution >= 4 is 17.5 Å². The van der Waals surface area contributed by atoms with Crippen LogP contribution < -0.4 is 11.1 Å². The smallest absolute Gasteiger partial charge is 0.222 e. The molecule has 0 spiro atoms. The summed E-state index contributed by atoms with van der Waals surface area (Å²) in [7, 11) is 0. The Kier molecular flexibility index (Phi) is 2.44. The summed E-state index contributed by atoms with van der Waals surface area (Å²) >= 11 is 5.85. The maximum atomic E-state index is 11.1. The fourth-order valence-corrected chi connectivity index (χ4v) is 1.90. The molecular formula is C10H11ClN2O. The molecule has 0 unspecified atom stereocenters. The molecule has 1 heterocycles. The second-order valence-corrected chi connectivity index (χ2v) is 3.90. The van der Waals surface area contributed by atoms with Crippen LogP contribution in [0, 0.1) is 0 Å². The fraction of sp³-hybridized carbons (Fsp3) is 0.300. The molecule has 2 rings (SSSR count). The van der Waals surface area contributed by atoms with Crippen LogP contribution in [0.1, 0.15) is 18.0 Å². The number of carbonyl (C=O) groups excluding carboxylic acids is 1. The molecule has 0 bridgehead atoms. The van der Waals surface area contributed by atoms with E-state index >= 15 is 0 Å². The molecule has 2 atom stereocenters. The van der Waals surface area contributed by atoms with E-state index in [1.165, 1.54) is 0 Å². The van der Waals surface area contributed by atoms with E-state index in [4.69, 9.17) is 17.3 Å². The van der Waals surface area contributed by atoms with E-state index in [1.54, 1.807) is 6.07 Å². The van der Waals surface area contributed by atoms with Gasteiger partial charge in [-0.25, -0.2) is 0 Å². The first-order valence-corrected chi connectivity index (χ1v) is 4.85. The van der Waals surface area contributed by atoms with Crippen LogP contribution in [0.3, 0.4) is 0 Å². The van der Waals surface area contributed by atoms with Crippen molar-refractivity contribution in [1.82, 2.24) is 5.32 Å². The van der Waals surface area contributed by atoms with Gasteiger partial charge in [-0.1, -0.05) is 23.7 Å². The molecular weight excluding hydrogens is 200 g/mol. The number of nitrogens with two attached hydrogens (primary N) is 1. The van der Waals surface area contributed by atoms with Gasteiger partial charge in [-0.3, -0.25) is 4.79 Å². The third-order valence-electron chi connectivity index (χ3n) is 2.37. The van der Waals surface area contributed by atoms with Crippen LogP contribution in [0.4, 0.5) is 0 Å². The third-order valence-corrected chi connectivity index (χ3v) is 2.61. The van der Waals surface area contributed by atoms with E-state index < -0.39 is 0 Å². The lowest BCUT2D eigenvalue weighted by atomic mass is 10.0. The van der Waals surface area contributed by atoms with Crippen molar-refractivity contribution in [2.24, 2.45) is 5.73 Å². The van der Waals surface area contributed by atoms with Crippen LogP contribution in [0.5, 0.6) is 0 Å². The molecule has 74 valence electrons. The van der Waals surface area contributed by atoms with Gasteiger partial charge in [-0.15, -0.1) is 0 Å². The van der Waals surface area contributed by atoms with Crippen molar-refractivity contribution in [3.63, 3.8) is 0 Å². The summed E-state index contributed by atoms with van der Waals surface area (Å²) in [4.78, 5) is 11.1. The van der Waals surface area contributed by atoms with Crippen LogP contribution in [0.25, 0.3) is 0 Å². The average molecular weight is 211 g/mol. The lowest BCUT2D eigenvalue weighted by Gasteiger charge is -2.15. The highest BCUT2D eigenvalue weighted by Crippen LogP contribution is 2.24. The lowest BCUT2D eigenvalue weighted by Crippen LogP contribution is -2.28. The van der Waals surface area contributed by atoms with Crippen LogP contribution in [-0.4, -0.2) is 11.9 Å². The monoisotopic (exact) mass is 210 g/mol. The predicted octanol–water partition coefficient (Wildman–Crippen LogP) is 1.23. The molecule has 1 amide bonds. The van der Waals surface area contributed by atoms with Crippen molar-refractivity contribution in [2.75, 3.05) is 0 Å². The zero-order valence-electron chi connectivity index (χ0n) is 7.53. The summed E-state index contributed by atoms with van der Waals surface area (Å²) in [5.41, 5.74) is 6.79. The van der Waals surface area contributed by atoms with Gasteiger partial charge >= 0.3 is 0 Å². The Bertz CT molecular complexity index is 367. The Balaban J connectivity index is 2.27. The van der Waals surface area contributed by atoms with Crippen molar-refractivity contribution < 1.29 is 4.79 Å². The molecule has 3 N–H and O–H groups in total. The zero-order chi connectivity index (χ0) is 10.1. The molecule has 1 aliphatic heterocycles. The van der Waals surface area contributed by atoms with E-state index in [2.05, 4.69) is 5.32 Å². The minimum atomic E-state index is -0.152. The van der Waals surface area contributed by atoms with Crippen molar-refractivity contribution in [3.05, 3.63) is 34.9 Å². The Morgan fingerprint density at radius 1 is 1.50 bits per heavy atom. The van der Waals surface area contributed by atoms with Gasteiger partial charge in [0.15, 0.2) is 0 Å². The number of amides is 1. The van der Waals surface area contributed by atoms with Crippen molar-refractivity contribution in [1.29, 1.82) is 0 Å². The van der Waals surface area contributed by atoms with Gasteiger partial charge in [0.2, 0.25) is 5.91 Å². The minimum Gasteiger partial charge on any atom is -0.348 e. The summed E-state index contributed by atoms with van der Waals surface area (Å²) in [6.07, 6.45) is 0.386. The van der Waals surface area contributed by atoms with E-state index in [0.29, 0.717) is 11.4 Å². The van der Waals surface area contributed by atoms with Gasteiger partial charge < -0.3 is 11.1 Å². The highest BCUT2D eigenvalue weighted by Gasteiger charge is 2.30. The van der Waals surface area contributed by atoms with E-state index in [1.807, 2.05) is 18.2 Å². The number of nitrogens with one attached hydrogen (secondary N) is 1. The van der Waals surface area contributed by atoms with Gasteiger partial charge in [0, 0.05) is 17.5 Å². The SMILES string of the molecule is N[C@H]1CC(=O)N[C@@H]1c1cccc(Cl)c1. The highest BCUT2D eigenvalue weighted by atomic mass is 35.5. The average Bonchev–Trinajstić information content (AvgIpc) is 2.45. The predicted molar refractivity (Wildman–Crippen MR) is 54.9 cm³/mol. The Morgan fingerprint density at radius 3 is 2.86 bits per heavy atom. The second kappa shape index (κ2) is 3.59. The number of rotatable bonds is 1. The van der Waals surface area contributed by atoms with E-state index in [9.17, 15) is 4.79 Å². The summed E-state index contributed by atoms with van der Waals surface area (Å²) in [6, 6.07) is 7.16. The molecule has 1 aliphatic rings. The summed E-state index contributed by atoms with van der Waals surface area (Å²) in [5, 5.41) is 3.49. The lowest BCUT2D eigenvalue weighted by molar-refractivity contribution is -0.119. The Labute approximate surface area is 87.2 Å². The second-order valence-electron chi connectivity index (χ2n) is 3.47. The molecule has 1 fully saturated rings. The van der Waals surface area contributed by atoms with Gasteiger partial charge in [0.05, 0.1) is 6.04 Å². The number of halogens is 1. The quantitative estimate of drug-likeness (QED) is 0.733. The Morgan fingerprint density at radius 2 is 2.29 bits per heavy atom. The van der Waals surface area contributed by atoms with Crippen LogP contribution >= 0.6 is 11.6 Å². The normalized spacial score (nSPS) is 26.3. The number of benzene rings is 1. The first kappa shape index (κ1) is 9.49. The number of hydrogen-bond acceptors (Lipinski definition) is 2. The molecule has 0 saturated carbocycles. The standard InChI is InChI=1S/C10H11ClN2O/c11-7-3-1-2-6(4-7)10-8(12)5-9(14)13-10/h1-4,8,10H,5,12H2,(H,13,14)/t8-,10+/m0/s1. The van der Waals surface area contributed by atoms with Crippen LogP contribution in [0.2, 0.25) is 5.02 Å². The molecule has 3 nitrogen and oxygen atoms in total. The largest absolute Gasteiger partial charge is 0.348 e. The molecule has 1 saturated heterocycles. The fourth-order valence-electron chi connectivity index (χ4n) is 1.70. The molecule has 0 aliphatic carbocycles. The van der Waals surface area contributed by atoms with Crippen LogP contribution in [0.15, 0.2) is 24.3 Å². The summed E-state index contributed by atoms with van der Waals surface area (Å²) in [5.74, 6) is 0.00229.